The second kappa shape index (κ2) is 37.9. The molecule has 5 atom stereocenters. The van der Waals surface area contributed by atoms with Gasteiger partial charge in [0.2, 0.25) is 35.4 Å². The lowest BCUT2D eigenvalue weighted by Crippen LogP contribution is -2.44. The van der Waals surface area contributed by atoms with E-state index in [4.69, 9.17) is 0 Å². The van der Waals surface area contributed by atoms with Gasteiger partial charge in [0, 0.05) is 48.0 Å². The van der Waals surface area contributed by atoms with Crippen LogP contribution in [0, 0.1) is 23.5 Å². The number of carbonyl (C=O) groups is 7. The van der Waals surface area contributed by atoms with Gasteiger partial charge in [0.1, 0.15) is 29.8 Å². The van der Waals surface area contributed by atoms with Gasteiger partial charge in [-0.25, -0.2) is 23.7 Å². The molecule has 3 aromatic heterocycles. The fraction of sp³-hybridized carbons (Fsp3) is 0.567. The van der Waals surface area contributed by atoms with Crippen LogP contribution in [-0.4, -0.2) is 74.3 Å². The zero-order valence-electron chi connectivity index (χ0n) is 50.0. The van der Waals surface area contributed by atoms with E-state index < -0.39 is 41.6 Å². The van der Waals surface area contributed by atoms with E-state index in [0.717, 1.165) is 77.8 Å². The summed E-state index contributed by atoms with van der Waals surface area (Å²) in [5, 5.41) is 18.1. The first-order valence-electron chi connectivity index (χ1n) is 28.1. The van der Waals surface area contributed by atoms with Crippen LogP contribution in [0.5, 0.6) is 0 Å². The summed E-state index contributed by atoms with van der Waals surface area (Å²) in [6.45, 7) is 28.1. The Kier molecular flexibility index (Phi) is 33.2. The van der Waals surface area contributed by atoms with E-state index in [2.05, 4.69) is 128 Å². The smallest absolute Gasteiger partial charge is 0.248 e. The molecule has 0 saturated carbocycles. The van der Waals surface area contributed by atoms with Crippen molar-refractivity contribution in [3.8, 4) is 0 Å². The molecule has 0 aliphatic carbocycles. The number of rotatable bonds is 30. The number of halogens is 2. The first-order valence-corrected chi connectivity index (χ1v) is 30.6. The maximum absolute atomic E-state index is 13.2. The maximum Gasteiger partial charge on any atom is 0.248 e. The Labute approximate surface area is 491 Å². The van der Waals surface area contributed by atoms with Crippen molar-refractivity contribution in [2.45, 2.75) is 210 Å². The molecule has 16 nitrogen and oxygen atoms in total. The molecule has 0 spiro atoms. The number of allylic oxidation sites excluding steroid dienone is 4. The van der Waals surface area contributed by atoms with Gasteiger partial charge in [-0.15, -0.1) is 22.7 Å². The number of nitrogens with one attached hydrogen (secondary N) is 6. The molecule has 4 aromatic rings. The SMILES string of the molecule is CCC[C@H](NC(=O)C[C@@H](C)CCC=C(C)C)C(=O)Nc1ncc(C(C)C)s1.CCC[C@H](NC(=O)C[C@H](C)CCC=C(C)C)C(=O)Nc1ncc(C(C)C)s1.CCC[C@H](NC(=O)Cc1cc(F)cc(F)c1)C(=O)Nc1ncc(C(C)=O)s1. The van der Waals surface area contributed by atoms with E-state index >= 15 is 0 Å². The fourth-order valence-electron chi connectivity index (χ4n) is 7.77. The number of Topliss-reactive ketones (excluding diaryl/α,β-unsaturated/α-hetero) is 1. The van der Waals surface area contributed by atoms with Gasteiger partial charge in [-0.05, 0) is 114 Å². The van der Waals surface area contributed by atoms with Crippen LogP contribution >= 0.6 is 34.0 Å². The molecule has 4 rings (SSSR count). The molecular weight excluding hydrogens is 1090 g/mol. The van der Waals surface area contributed by atoms with E-state index in [0.29, 0.717) is 77.3 Å². The maximum atomic E-state index is 13.2. The van der Waals surface area contributed by atoms with Crippen LogP contribution in [-0.2, 0) is 35.2 Å². The zero-order chi connectivity index (χ0) is 60.8. The lowest BCUT2D eigenvalue weighted by Gasteiger charge is -2.18. The highest BCUT2D eigenvalue weighted by Gasteiger charge is 2.25. The molecule has 0 fully saturated rings. The number of amides is 6. The summed E-state index contributed by atoms with van der Waals surface area (Å²) in [5.41, 5.74) is 2.77. The Balaban J connectivity index is 0.000000415. The number of nitrogens with zero attached hydrogens (tertiary/aromatic N) is 3. The Morgan fingerprint density at radius 1 is 0.506 bits per heavy atom. The van der Waals surface area contributed by atoms with Crippen LogP contribution < -0.4 is 31.9 Å². The number of hydrogen-bond acceptors (Lipinski definition) is 13. The molecule has 0 aliphatic rings. The van der Waals surface area contributed by atoms with Gasteiger partial charge in [0.15, 0.2) is 21.2 Å². The highest BCUT2D eigenvalue weighted by atomic mass is 32.1. The first kappa shape index (κ1) is 71.0. The number of hydrogen-bond donors (Lipinski definition) is 6. The molecule has 448 valence electrons. The average molecular weight is 1180 g/mol. The molecule has 21 heteroatoms. The second-order valence-corrected chi connectivity index (χ2v) is 24.7. The van der Waals surface area contributed by atoms with Crippen molar-refractivity contribution >= 4 is 90.6 Å². The molecule has 0 aliphatic heterocycles. The molecule has 6 N–H and O–H groups in total. The van der Waals surface area contributed by atoms with Crippen molar-refractivity contribution < 1.29 is 42.3 Å². The Morgan fingerprint density at radius 2 is 0.864 bits per heavy atom. The Bertz CT molecular complexity index is 2560. The lowest BCUT2D eigenvalue weighted by atomic mass is 10.00. The normalized spacial score (nSPS) is 12.7. The van der Waals surface area contributed by atoms with Crippen LogP contribution in [0.4, 0.5) is 24.2 Å². The molecule has 6 amide bonds. The van der Waals surface area contributed by atoms with Crippen molar-refractivity contribution in [1.82, 2.24) is 30.9 Å². The molecular formula is C60H89F2N9O7S3. The minimum atomic E-state index is -0.828. The molecule has 81 heavy (non-hydrogen) atoms. The molecule has 0 saturated heterocycles. The average Bonchev–Trinajstić information content (AvgIpc) is 4.18. The quantitative estimate of drug-likeness (QED) is 0.0214. The summed E-state index contributed by atoms with van der Waals surface area (Å²) in [7, 11) is 0. The number of ketones is 1. The minimum absolute atomic E-state index is 0.0599. The van der Waals surface area contributed by atoms with Crippen LogP contribution in [0.3, 0.4) is 0 Å². The number of anilines is 3. The van der Waals surface area contributed by atoms with Gasteiger partial charge in [0.05, 0.1) is 17.5 Å². The van der Waals surface area contributed by atoms with E-state index in [1.54, 1.807) is 12.4 Å². The first-order chi connectivity index (χ1) is 38.2. The summed E-state index contributed by atoms with van der Waals surface area (Å²) < 4.78 is 26.5. The van der Waals surface area contributed by atoms with E-state index in [1.165, 1.54) is 46.9 Å². The lowest BCUT2D eigenvalue weighted by molar-refractivity contribution is -0.127. The van der Waals surface area contributed by atoms with Gasteiger partial charge in [-0.2, -0.15) is 0 Å². The van der Waals surface area contributed by atoms with E-state index in [9.17, 15) is 42.3 Å². The highest BCUT2D eigenvalue weighted by molar-refractivity contribution is 7.17. The molecule has 0 unspecified atom stereocenters. The summed E-state index contributed by atoms with van der Waals surface area (Å²) in [6.07, 6.45) is 17.8. The summed E-state index contributed by atoms with van der Waals surface area (Å²) in [6, 6.07) is 0.994. The Hall–Kier alpha value is -6.06. The van der Waals surface area contributed by atoms with Gasteiger partial charge in [0.25, 0.3) is 0 Å². The van der Waals surface area contributed by atoms with Crippen LogP contribution in [0.2, 0.25) is 0 Å². The number of aromatic nitrogens is 3. The highest BCUT2D eigenvalue weighted by Crippen LogP contribution is 2.27. The van der Waals surface area contributed by atoms with Crippen LogP contribution in [0.15, 0.2) is 60.1 Å². The third-order valence-electron chi connectivity index (χ3n) is 12.2. The second-order valence-electron chi connectivity index (χ2n) is 21.5. The van der Waals surface area contributed by atoms with Gasteiger partial charge in [-0.3, -0.25) is 33.6 Å². The standard InChI is InChI=1S/2C21H35N3O2S.C18H19F2N3O3S/c2*1-7-9-17(20(26)24-21-22-13-18(27-21)15(4)5)23-19(25)12-16(6)11-8-10-14(2)3;1-3-4-14(17(26)23-18-21-9-15(27-18)10(2)24)22-16(25)7-11-5-12(19)8-13(20)6-11/h2*10,13,15-17H,7-9,11-12H2,1-6H3,(H,23,25)(H,22,24,26);5-6,8-9,14H,3-4,7H2,1-2H3,(H,22,25)(H,21,23,26)/t16-,17+;16-,17-;14-/m100/s1. The van der Waals surface area contributed by atoms with Crippen LogP contribution in [0.25, 0.3) is 0 Å². The fourth-order valence-corrected chi connectivity index (χ4v) is 10.1. The van der Waals surface area contributed by atoms with Gasteiger partial charge < -0.3 is 31.9 Å². The summed E-state index contributed by atoms with van der Waals surface area (Å²) >= 11 is 4.01. The predicted molar refractivity (Wildman–Crippen MR) is 326 cm³/mol. The minimum Gasteiger partial charge on any atom is -0.344 e. The van der Waals surface area contributed by atoms with Gasteiger partial charge in [-0.1, -0.05) is 116 Å². The molecule has 0 radical (unpaired) electrons. The third-order valence-corrected chi connectivity index (χ3v) is 15.6. The largest absolute Gasteiger partial charge is 0.344 e. The zero-order valence-corrected chi connectivity index (χ0v) is 52.5. The molecule has 0 bridgehead atoms. The monoisotopic (exact) mass is 1180 g/mol. The van der Waals surface area contributed by atoms with Gasteiger partial charge >= 0.3 is 0 Å². The summed E-state index contributed by atoms with van der Waals surface area (Å²) in [4.78, 5) is 101. The van der Waals surface area contributed by atoms with Crippen LogP contribution in [0.1, 0.15) is 211 Å². The van der Waals surface area contributed by atoms with Crippen molar-refractivity contribution in [3.05, 3.63) is 91.9 Å². The predicted octanol–water partition coefficient (Wildman–Crippen LogP) is 13.6. The Morgan fingerprint density at radius 3 is 1.19 bits per heavy atom. The van der Waals surface area contributed by atoms with Crippen molar-refractivity contribution in [2.75, 3.05) is 16.0 Å². The number of carbonyl (C=O) groups excluding carboxylic acids is 7. The number of thiazole rings is 3. The topological polar surface area (TPSA) is 230 Å². The third kappa shape index (κ3) is 29.5. The van der Waals surface area contributed by atoms with E-state index in [1.807, 2.05) is 20.8 Å². The van der Waals surface area contributed by atoms with Crippen molar-refractivity contribution in [1.29, 1.82) is 0 Å². The van der Waals surface area contributed by atoms with Crippen molar-refractivity contribution in [3.63, 3.8) is 0 Å². The molecule has 3 heterocycles. The van der Waals surface area contributed by atoms with Crippen molar-refractivity contribution in [2.24, 2.45) is 11.8 Å². The number of benzene rings is 1. The molecule has 1 aromatic carbocycles. The summed E-state index contributed by atoms with van der Waals surface area (Å²) in [5.74, 6) is -1.86. The van der Waals surface area contributed by atoms with E-state index in [-0.39, 0.29) is 46.5 Å².